The maximum atomic E-state index is 12.0. The molecule has 2 amide bonds. The van der Waals surface area contributed by atoms with Crippen molar-refractivity contribution in [3.8, 4) is 0 Å². The summed E-state index contributed by atoms with van der Waals surface area (Å²) in [5.41, 5.74) is -0.411. The van der Waals surface area contributed by atoms with Crippen LogP contribution in [-0.4, -0.2) is 66.6 Å². The van der Waals surface area contributed by atoms with Gasteiger partial charge in [0.05, 0.1) is 6.61 Å². The molecule has 3 aliphatic rings. The predicted molar refractivity (Wildman–Crippen MR) is 66.8 cm³/mol. The Morgan fingerprint density at radius 3 is 3.17 bits per heavy atom. The van der Waals surface area contributed by atoms with Gasteiger partial charge in [0.25, 0.3) is 0 Å². The molecule has 0 radical (unpaired) electrons. The Balaban J connectivity index is 1.91. The SMILES string of the molecule is COCCN1C(=O)NC(=N)C12CCN1CCCC12. The second kappa shape index (κ2) is 4.20. The van der Waals surface area contributed by atoms with Crippen LogP contribution >= 0.6 is 0 Å². The Hall–Kier alpha value is -1.14. The van der Waals surface area contributed by atoms with E-state index in [1.165, 1.54) is 6.42 Å². The number of hydrogen-bond donors (Lipinski definition) is 2. The molecular formula is C12H20N4O2. The number of methoxy groups -OCH3 is 1. The molecule has 3 heterocycles. The zero-order valence-electron chi connectivity index (χ0n) is 10.7. The molecule has 0 aromatic rings. The third-order valence-corrected chi connectivity index (χ3v) is 4.61. The van der Waals surface area contributed by atoms with Gasteiger partial charge in [0.1, 0.15) is 11.4 Å². The van der Waals surface area contributed by atoms with E-state index in [0.29, 0.717) is 25.0 Å². The van der Waals surface area contributed by atoms with E-state index in [9.17, 15) is 4.79 Å². The summed E-state index contributed by atoms with van der Waals surface area (Å²) in [5.74, 6) is 0.387. The first-order chi connectivity index (χ1) is 8.70. The minimum Gasteiger partial charge on any atom is -0.383 e. The second-order valence-corrected chi connectivity index (χ2v) is 5.32. The highest BCUT2D eigenvalue weighted by molar-refractivity contribution is 6.09. The van der Waals surface area contributed by atoms with Crippen LogP contribution in [0, 0.1) is 5.41 Å². The molecule has 0 bridgehead atoms. The van der Waals surface area contributed by atoms with Crippen molar-refractivity contribution in [3.63, 3.8) is 0 Å². The van der Waals surface area contributed by atoms with Crippen LogP contribution < -0.4 is 5.32 Å². The summed E-state index contributed by atoms with van der Waals surface area (Å²) in [7, 11) is 1.64. The summed E-state index contributed by atoms with van der Waals surface area (Å²) in [6.45, 7) is 3.18. The monoisotopic (exact) mass is 252 g/mol. The minimum absolute atomic E-state index is 0.134. The van der Waals surface area contributed by atoms with Crippen molar-refractivity contribution in [2.45, 2.75) is 30.8 Å². The van der Waals surface area contributed by atoms with Gasteiger partial charge in [0, 0.05) is 26.2 Å². The largest absolute Gasteiger partial charge is 0.383 e. The van der Waals surface area contributed by atoms with E-state index < -0.39 is 5.54 Å². The lowest BCUT2D eigenvalue weighted by molar-refractivity contribution is 0.110. The first kappa shape index (κ1) is 11.9. The lowest BCUT2D eigenvalue weighted by Gasteiger charge is -2.37. The molecule has 2 atom stereocenters. The van der Waals surface area contributed by atoms with E-state index >= 15 is 0 Å². The summed E-state index contributed by atoms with van der Waals surface area (Å²) >= 11 is 0. The first-order valence-electron chi connectivity index (χ1n) is 6.61. The topological polar surface area (TPSA) is 68.7 Å². The number of amidine groups is 1. The Morgan fingerprint density at radius 2 is 2.39 bits per heavy atom. The normalized spacial score (nSPS) is 35.6. The molecule has 100 valence electrons. The van der Waals surface area contributed by atoms with E-state index in [1.54, 1.807) is 7.11 Å². The highest BCUT2D eigenvalue weighted by Gasteiger charge is 2.60. The molecule has 0 saturated carbocycles. The van der Waals surface area contributed by atoms with Gasteiger partial charge >= 0.3 is 6.03 Å². The van der Waals surface area contributed by atoms with Crippen LogP contribution in [0.5, 0.6) is 0 Å². The lowest BCUT2D eigenvalue weighted by Crippen LogP contribution is -2.57. The highest BCUT2D eigenvalue weighted by atomic mass is 16.5. The highest BCUT2D eigenvalue weighted by Crippen LogP contribution is 2.42. The first-order valence-corrected chi connectivity index (χ1v) is 6.61. The average Bonchev–Trinajstić information content (AvgIpc) is 2.97. The van der Waals surface area contributed by atoms with Crippen molar-refractivity contribution in [3.05, 3.63) is 0 Å². The van der Waals surface area contributed by atoms with Crippen molar-refractivity contribution < 1.29 is 9.53 Å². The number of hydrogen-bond acceptors (Lipinski definition) is 4. The predicted octanol–water partition coefficient (Wildman–Crippen LogP) is 0.242. The smallest absolute Gasteiger partial charge is 0.323 e. The van der Waals surface area contributed by atoms with Crippen LogP contribution in [-0.2, 0) is 4.74 Å². The van der Waals surface area contributed by atoms with E-state index in [0.717, 1.165) is 25.9 Å². The number of fused-ring (bicyclic) bond motifs is 2. The molecule has 0 aromatic heterocycles. The van der Waals surface area contributed by atoms with Crippen molar-refractivity contribution >= 4 is 11.9 Å². The summed E-state index contributed by atoms with van der Waals surface area (Å²) in [6, 6.07) is 0.187. The molecule has 3 aliphatic heterocycles. The van der Waals surface area contributed by atoms with Crippen LogP contribution in [0.25, 0.3) is 0 Å². The lowest BCUT2D eigenvalue weighted by atomic mass is 9.87. The van der Waals surface area contributed by atoms with Gasteiger partial charge in [-0.2, -0.15) is 0 Å². The van der Waals surface area contributed by atoms with Crippen molar-refractivity contribution in [2.75, 3.05) is 33.4 Å². The van der Waals surface area contributed by atoms with Gasteiger partial charge in [0.15, 0.2) is 0 Å². The number of rotatable bonds is 3. The van der Waals surface area contributed by atoms with E-state index in [-0.39, 0.29) is 6.03 Å². The maximum Gasteiger partial charge on any atom is 0.323 e. The second-order valence-electron chi connectivity index (χ2n) is 5.32. The van der Waals surface area contributed by atoms with Crippen LogP contribution in [0.4, 0.5) is 4.79 Å². The van der Waals surface area contributed by atoms with Gasteiger partial charge in [-0.1, -0.05) is 0 Å². The molecule has 3 saturated heterocycles. The van der Waals surface area contributed by atoms with Crippen LogP contribution in [0.1, 0.15) is 19.3 Å². The quantitative estimate of drug-likeness (QED) is 0.756. The molecular weight excluding hydrogens is 232 g/mol. The third kappa shape index (κ3) is 1.42. The maximum absolute atomic E-state index is 12.0. The number of ether oxygens (including phenoxy) is 1. The standard InChI is InChI=1S/C12H20N4O2/c1-18-8-7-16-11(17)14-10(13)12(16)4-6-15-5-2-3-9(12)15/h9H,2-8H2,1H3,(H2,13,14,17). The van der Waals surface area contributed by atoms with Crippen LogP contribution in [0.15, 0.2) is 0 Å². The average molecular weight is 252 g/mol. The molecule has 18 heavy (non-hydrogen) atoms. The molecule has 2 unspecified atom stereocenters. The number of nitrogens with zero attached hydrogens (tertiary/aromatic N) is 2. The van der Waals surface area contributed by atoms with Crippen molar-refractivity contribution in [1.29, 1.82) is 5.41 Å². The van der Waals surface area contributed by atoms with E-state index in [2.05, 4.69) is 10.2 Å². The van der Waals surface area contributed by atoms with Crippen LogP contribution in [0.2, 0.25) is 0 Å². The third-order valence-electron chi connectivity index (χ3n) is 4.61. The number of carbonyl (C=O) groups is 1. The Kier molecular flexibility index (Phi) is 2.79. The minimum atomic E-state index is -0.411. The molecule has 0 aromatic carbocycles. The Morgan fingerprint density at radius 1 is 1.56 bits per heavy atom. The molecule has 6 heteroatoms. The van der Waals surface area contributed by atoms with Gasteiger partial charge in [-0.15, -0.1) is 0 Å². The zero-order valence-corrected chi connectivity index (χ0v) is 10.7. The number of urea groups is 1. The van der Waals surface area contributed by atoms with Gasteiger partial charge in [-0.05, 0) is 25.8 Å². The fourth-order valence-electron chi connectivity index (χ4n) is 3.80. The summed E-state index contributed by atoms with van der Waals surface area (Å²) in [4.78, 5) is 16.3. The Bertz CT molecular complexity index is 386. The van der Waals surface area contributed by atoms with Crippen molar-refractivity contribution in [2.24, 2.45) is 0 Å². The summed E-state index contributed by atoms with van der Waals surface area (Å²) in [6.07, 6.45) is 3.13. The van der Waals surface area contributed by atoms with Gasteiger partial charge < -0.3 is 9.64 Å². The molecule has 1 spiro atoms. The molecule has 6 nitrogen and oxygen atoms in total. The molecule has 0 aliphatic carbocycles. The fourth-order valence-corrected chi connectivity index (χ4v) is 3.80. The zero-order chi connectivity index (χ0) is 12.8. The summed E-state index contributed by atoms with van der Waals surface area (Å²) < 4.78 is 5.10. The van der Waals surface area contributed by atoms with E-state index in [4.69, 9.17) is 10.1 Å². The van der Waals surface area contributed by atoms with Gasteiger partial charge in [0.2, 0.25) is 0 Å². The van der Waals surface area contributed by atoms with Crippen LogP contribution in [0.3, 0.4) is 0 Å². The molecule has 3 fully saturated rings. The molecule has 2 N–H and O–H groups in total. The Labute approximate surface area is 107 Å². The molecule has 3 rings (SSSR count). The number of carbonyl (C=O) groups excluding carboxylic acids is 1. The number of amides is 2. The summed E-state index contributed by atoms with van der Waals surface area (Å²) in [5, 5.41) is 10.9. The fraction of sp³-hybridized carbons (Fsp3) is 0.833. The number of nitrogens with one attached hydrogen (secondary N) is 2. The van der Waals surface area contributed by atoms with E-state index in [1.807, 2.05) is 4.90 Å². The van der Waals surface area contributed by atoms with Gasteiger partial charge in [-0.3, -0.25) is 15.6 Å². The van der Waals surface area contributed by atoms with Gasteiger partial charge in [-0.25, -0.2) is 4.79 Å². The van der Waals surface area contributed by atoms with Crippen molar-refractivity contribution in [1.82, 2.24) is 15.1 Å².